The first-order valence-corrected chi connectivity index (χ1v) is 10.5. The van der Waals surface area contributed by atoms with Crippen LogP contribution in [0.1, 0.15) is 37.7 Å². The van der Waals surface area contributed by atoms with Crippen LogP contribution in [0.15, 0.2) is 18.2 Å². The van der Waals surface area contributed by atoms with E-state index < -0.39 is 0 Å². The highest BCUT2D eigenvalue weighted by atomic mass is 35.5. The number of rotatable bonds is 6. The smallest absolute Gasteiger partial charge is 0.245 e. The van der Waals surface area contributed by atoms with Gasteiger partial charge in [-0.2, -0.15) is 0 Å². The van der Waals surface area contributed by atoms with Crippen molar-refractivity contribution >= 4 is 40.9 Å². The summed E-state index contributed by atoms with van der Waals surface area (Å²) in [6, 6.07) is 4.73. The first-order chi connectivity index (χ1) is 13.5. The van der Waals surface area contributed by atoms with E-state index in [0.29, 0.717) is 16.6 Å². The Hall–Kier alpha value is -1.79. The van der Waals surface area contributed by atoms with E-state index in [1.165, 1.54) is 0 Å². The molecule has 0 radical (unpaired) electrons. The van der Waals surface area contributed by atoms with Crippen molar-refractivity contribution in [3.63, 3.8) is 0 Å². The predicted molar refractivity (Wildman–Crippen MR) is 108 cm³/mol. The standard InChI is InChI=1S/C20H25Cl2N3O3/c21-15-6-5-14(12-16(15)22)13-18(26)23-8-7-19(27)25-11-3-4-17(25)20(28)24-9-1-2-10-24/h5-6,12,17H,1-4,7-11,13H2,(H,23,26)/t17-/m0/s1. The monoisotopic (exact) mass is 425 g/mol. The Morgan fingerprint density at radius 1 is 1.04 bits per heavy atom. The molecule has 8 heteroatoms. The van der Waals surface area contributed by atoms with E-state index in [1.807, 2.05) is 4.90 Å². The zero-order valence-electron chi connectivity index (χ0n) is 15.8. The summed E-state index contributed by atoms with van der Waals surface area (Å²) < 4.78 is 0. The van der Waals surface area contributed by atoms with Gasteiger partial charge in [0.1, 0.15) is 6.04 Å². The molecule has 1 aromatic rings. The number of hydrogen-bond donors (Lipinski definition) is 1. The van der Waals surface area contributed by atoms with Crippen LogP contribution >= 0.6 is 23.2 Å². The summed E-state index contributed by atoms with van der Waals surface area (Å²) in [4.78, 5) is 40.9. The molecule has 3 amide bonds. The Morgan fingerprint density at radius 3 is 2.50 bits per heavy atom. The number of halogens is 2. The molecule has 1 N–H and O–H groups in total. The van der Waals surface area contributed by atoms with E-state index in [2.05, 4.69) is 5.32 Å². The van der Waals surface area contributed by atoms with Gasteiger partial charge in [0.05, 0.1) is 16.5 Å². The molecule has 2 aliphatic rings. The second kappa shape index (κ2) is 9.61. The van der Waals surface area contributed by atoms with Crippen molar-refractivity contribution in [2.75, 3.05) is 26.2 Å². The quantitative estimate of drug-likeness (QED) is 0.761. The normalized spacial score (nSPS) is 19.1. The number of nitrogens with zero attached hydrogens (tertiary/aromatic N) is 2. The molecule has 2 heterocycles. The SMILES string of the molecule is O=C(Cc1ccc(Cl)c(Cl)c1)NCCC(=O)N1CCC[C@H]1C(=O)N1CCCC1. The summed E-state index contributed by atoms with van der Waals surface area (Å²) in [6.07, 6.45) is 4.01. The van der Waals surface area contributed by atoms with Gasteiger partial charge in [-0.05, 0) is 43.4 Å². The summed E-state index contributed by atoms with van der Waals surface area (Å²) in [5, 5.41) is 3.61. The average Bonchev–Trinajstić information content (AvgIpc) is 3.36. The number of carbonyl (C=O) groups excluding carboxylic acids is 3. The van der Waals surface area contributed by atoms with Gasteiger partial charge in [0.2, 0.25) is 17.7 Å². The van der Waals surface area contributed by atoms with Crippen LogP contribution < -0.4 is 5.32 Å². The molecule has 1 aromatic carbocycles. The van der Waals surface area contributed by atoms with E-state index in [9.17, 15) is 14.4 Å². The van der Waals surface area contributed by atoms with E-state index in [1.54, 1.807) is 23.1 Å². The second-order valence-corrected chi connectivity index (χ2v) is 8.12. The van der Waals surface area contributed by atoms with Crippen molar-refractivity contribution in [3.8, 4) is 0 Å². The van der Waals surface area contributed by atoms with Crippen molar-refractivity contribution in [1.29, 1.82) is 0 Å². The number of amides is 3. The van der Waals surface area contributed by atoms with Crippen LogP contribution in [0.3, 0.4) is 0 Å². The molecule has 0 aromatic heterocycles. The van der Waals surface area contributed by atoms with Gasteiger partial charge in [0, 0.05) is 32.6 Å². The summed E-state index contributed by atoms with van der Waals surface area (Å²) in [7, 11) is 0. The molecule has 28 heavy (non-hydrogen) atoms. The van der Waals surface area contributed by atoms with Crippen LogP contribution in [-0.2, 0) is 20.8 Å². The minimum absolute atomic E-state index is 0.0759. The Morgan fingerprint density at radius 2 is 1.79 bits per heavy atom. The van der Waals surface area contributed by atoms with E-state index >= 15 is 0 Å². The van der Waals surface area contributed by atoms with Crippen LogP contribution in [0.5, 0.6) is 0 Å². The van der Waals surface area contributed by atoms with Crippen LogP contribution in [0.4, 0.5) is 0 Å². The maximum absolute atomic E-state index is 12.6. The van der Waals surface area contributed by atoms with Crippen molar-refractivity contribution in [2.45, 2.75) is 44.6 Å². The van der Waals surface area contributed by atoms with E-state index in [4.69, 9.17) is 23.2 Å². The molecule has 2 fully saturated rings. The van der Waals surface area contributed by atoms with Gasteiger partial charge in [0.15, 0.2) is 0 Å². The zero-order valence-corrected chi connectivity index (χ0v) is 17.3. The lowest BCUT2D eigenvalue weighted by atomic mass is 10.1. The highest BCUT2D eigenvalue weighted by molar-refractivity contribution is 6.42. The topological polar surface area (TPSA) is 69.7 Å². The van der Waals surface area contributed by atoms with Gasteiger partial charge in [0.25, 0.3) is 0 Å². The van der Waals surface area contributed by atoms with Crippen molar-refractivity contribution in [2.24, 2.45) is 0 Å². The Kier molecular flexibility index (Phi) is 7.18. The summed E-state index contributed by atoms with van der Waals surface area (Å²) in [5.41, 5.74) is 0.758. The van der Waals surface area contributed by atoms with E-state index in [0.717, 1.165) is 44.3 Å². The van der Waals surface area contributed by atoms with Crippen molar-refractivity contribution < 1.29 is 14.4 Å². The third kappa shape index (κ3) is 5.17. The molecule has 0 spiro atoms. The maximum atomic E-state index is 12.6. The number of benzene rings is 1. The summed E-state index contributed by atoms with van der Waals surface area (Å²) in [5.74, 6) is -0.186. The maximum Gasteiger partial charge on any atom is 0.245 e. The van der Waals surface area contributed by atoms with Crippen LogP contribution in [0.2, 0.25) is 10.0 Å². The fourth-order valence-electron chi connectivity index (χ4n) is 3.82. The van der Waals surface area contributed by atoms with Gasteiger partial charge in [-0.1, -0.05) is 29.3 Å². The van der Waals surface area contributed by atoms with Crippen molar-refractivity contribution in [3.05, 3.63) is 33.8 Å². The molecule has 2 aliphatic heterocycles. The molecular weight excluding hydrogens is 401 g/mol. The first kappa shape index (κ1) is 20.9. The Labute approximate surface area is 175 Å². The largest absolute Gasteiger partial charge is 0.355 e. The zero-order chi connectivity index (χ0) is 20.1. The lowest BCUT2D eigenvalue weighted by Crippen LogP contribution is -2.47. The van der Waals surface area contributed by atoms with Crippen LogP contribution in [0.25, 0.3) is 0 Å². The molecule has 0 bridgehead atoms. The molecule has 3 rings (SSSR count). The molecule has 2 saturated heterocycles. The minimum Gasteiger partial charge on any atom is -0.355 e. The lowest BCUT2D eigenvalue weighted by molar-refractivity contribution is -0.143. The number of hydrogen-bond acceptors (Lipinski definition) is 3. The summed E-state index contributed by atoms with van der Waals surface area (Å²) in [6.45, 7) is 2.45. The average molecular weight is 426 g/mol. The molecule has 6 nitrogen and oxygen atoms in total. The minimum atomic E-state index is -0.336. The highest BCUT2D eigenvalue weighted by Crippen LogP contribution is 2.23. The highest BCUT2D eigenvalue weighted by Gasteiger charge is 2.36. The predicted octanol–water partition coefficient (Wildman–Crippen LogP) is 2.66. The Balaban J connectivity index is 1.44. The fraction of sp³-hybridized carbons (Fsp3) is 0.550. The lowest BCUT2D eigenvalue weighted by Gasteiger charge is -2.27. The third-order valence-electron chi connectivity index (χ3n) is 5.29. The van der Waals surface area contributed by atoms with Crippen LogP contribution in [0, 0.1) is 0 Å². The van der Waals surface area contributed by atoms with Crippen LogP contribution in [-0.4, -0.2) is 59.7 Å². The van der Waals surface area contributed by atoms with Gasteiger partial charge in [-0.25, -0.2) is 0 Å². The van der Waals surface area contributed by atoms with Gasteiger partial charge < -0.3 is 15.1 Å². The molecular formula is C20H25Cl2N3O3. The Bertz CT molecular complexity index is 750. The molecule has 0 unspecified atom stereocenters. The molecule has 1 atom stereocenters. The number of likely N-dealkylation sites (tertiary alicyclic amines) is 2. The molecule has 0 aliphatic carbocycles. The molecule has 152 valence electrons. The second-order valence-electron chi connectivity index (χ2n) is 7.30. The summed E-state index contributed by atoms with van der Waals surface area (Å²) >= 11 is 11.8. The third-order valence-corrected chi connectivity index (χ3v) is 6.02. The first-order valence-electron chi connectivity index (χ1n) is 9.74. The van der Waals surface area contributed by atoms with Crippen molar-refractivity contribution in [1.82, 2.24) is 15.1 Å². The van der Waals surface area contributed by atoms with Gasteiger partial charge >= 0.3 is 0 Å². The van der Waals surface area contributed by atoms with Gasteiger partial charge in [-0.15, -0.1) is 0 Å². The van der Waals surface area contributed by atoms with E-state index in [-0.39, 0.29) is 43.1 Å². The van der Waals surface area contributed by atoms with Gasteiger partial charge in [-0.3, -0.25) is 14.4 Å². The fourth-order valence-corrected chi connectivity index (χ4v) is 4.14. The molecule has 0 saturated carbocycles. The number of nitrogens with one attached hydrogen (secondary N) is 1. The number of carbonyl (C=O) groups is 3.